The Morgan fingerprint density at radius 2 is 1.20 bits per heavy atom. The molecule has 7 heteroatoms. The average molecular weight is 490 g/mol. The molecule has 0 aromatic heterocycles. The molecule has 0 atom stereocenters. The van der Waals surface area contributed by atoms with Crippen molar-refractivity contribution >= 4 is 42.7 Å². The van der Waals surface area contributed by atoms with Gasteiger partial charge in [0.05, 0.1) is 0 Å². The summed E-state index contributed by atoms with van der Waals surface area (Å²) in [5, 5.41) is 6.37. The molecule has 0 fully saturated rings. The van der Waals surface area contributed by atoms with Crippen molar-refractivity contribution in [2.45, 2.75) is 78.0 Å². The van der Waals surface area contributed by atoms with E-state index in [0.717, 1.165) is 37.2 Å². The first-order chi connectivity index (χ1) is 11.8. The van der Waals surface area contributed by atoms with Crippen molar-refractivity contribution in [3.05, 3.63) is 24.3 Å². The zero-order chi connectivity index (χ0) is 19.1. The maximum absolute atomic E-state index is 13.2. The number of para-hydroxylation sites is 1. The van der Waals surface area contributed by atoms with Gasteiger partial charge in [0, 0.05) is 0 Å². The zero-order valence-corrected chi connectivity index (χ0v) is 21.8. The second-order valence-electron chi connectivity index (χ2n) is 6.91. The molecule has 0 aliphatic rings. The van der Waals surface area contributed by atoms with E-state index in [2.05, 4.69) is 49.5 Å². The summed E-state index contributed by atoms with van der Waals surface area (Å²) in [6.07, 6.45) is 0. The monoisotopic (exact) mass is 492 g/mol. The van der Waals surface area contributed by atoms with Gasteiger partial charge in [0.1, 0.15) is 0 Å². The molecule has 1 aromatic rings. The zero-order valence-electron chi connectivity index (χ0n) is 16.8. The van der Waals surface area contributed by atoms with Crippen LogP contribution in [0.4, 0.5) is 5.69 Å². The second-order valence-corrected chi connectivity index (χ2v) is 30.0. The van der Waals surface area contributed by atoms with Gasteiger partial charge in [-0.05, 0) is 0 Å². The minimum atomic E-state index is -3.48. The molecule has 0 aliphatic carbocycles. The third-order valence-corrected chi connectivity index (χ3v) is 30.8. The fourth-order valence-corrected chi connectivity index (χ4v) is 21.4. The van der Waals surface area contributed by atoms with Crippen molar-refractivity contribution in [1.82, 2.24) is 3.68 Å². The first-order valence-corrected chi connectivity index (χ1v) is 22.2. The van der Waals surface area contributed by atoms with Crippen LogP contribution in [0.5, 0.6) is 0 Å². The minimum absolute atomic E-state index is 0.436. The molecule has 144 valence electrons. The van der Waals surface area contributed by atoms with Gasteiger partial charge in [-0.2, -0.15) is 0 Å². The van der Waals surface area contributed by atoms with Crippen molar-refractivity contribution in [2.75, 3.05) is 4.27 Å². The van der Waals surface area contributed by atoms with Gasteiger partial charge in [-0.25, -0.2) is 0 Å². The van der Waals surface area contributed by atoms with Gasteiger partial charge in [-0.3, -0.25) is 0 Å². The summed E-state index contributed by atoms with van der Waals surface area (Å²) < 4.78 is 33.4. The standard InChI is InChI=1S/C18H36Ge2N2O2S/c1-7-19(8-2,9-3)21-17-15-13-14-16-18(17)25(23,24)22-20(10-4,11-5)12-6/h13-16,21-22H,7-12H2,1-6H3. The van der Waals surface area contributed by atoms with Crippen molar-refractivity contribution < 1.29 is 8.42 Å². The molecule has 0 unspecified atom stereocenters. The summed E-state index contributed by atoms with van der Waals surface area (Å²) in [4.78, 5) is 0.436. The number of hydrogen-bond acceptors (Lipinski definition) is 3. The molecule has 0 bridgehead atoms. The summed E-state index contributed by atoms with van der Waals surface area (Å²) in [5.74, 6) is 0. The van der Waals surface area contributed by atoms with Gasteiger partial charge in [0.25, 0.3) is 0 Å². The summed E-state index contributed by atoms with van der Waals surface area (Å²) in [7, 11) is -3.48. The number of anilines is 1. The molecule has 0 saturated carbocycles. The second kappa shape index (κ2) is 9.81. The fourth-order valence-electron chi connectivity index (χ4n) is 3.41. The molecule has 0 radical (unpaired) electrons. The molecule has 0 aliphatic heterocycles. The number of rotatable bonds is 11. The van der Waals surface area contributed by atoms with E-state index < -0.39 is 37.0 Å². The van der Waals surface area contributed by atoms with Crippen LogP contribution in [0.25, 0.3) is 0 Å². The van der Waals surface area contributed by atoms with Crippen molar-refractivity contribution in [1.29, 1.82) is 0 Å². The molecular formula is C18H36Ge2N2O2S. The van der Waals surface area contributed by atoms with E-state index in [-0.39, 0.29) is 0 Å². The summed E-state index contributed by atoms with van der Waals surface area (Å²) in [6, 6.07) is 7.46. The van der Waals surface area contributed by atoms with E-state index in [1.165, 1.54) is 0 Å². The normalized spacial score (nSPS) is 13.0. The van der Waals surface area contributed by atoms with Gasteiger partial charge in [0.2, 0.25) is 0 Å². The van der Waals surface area contributed by atoms with Gasteiger partial charge in [0.15, 0.2) is 0 Å². The van der Waals surface area contributed by atoms with Gasteiger partial charge in [-0.1, -0.05) is 0 Å². The number of sulfonamides is 1. The molecule has 0 amide bonds. The first-order valence-electron chi connectivity index (χ1n) is 9.68. The Morgan fingerprint density at radius 1 is 0.760 bits per heavy atom. The van der Waals surface area contributed by atoms with Gasteiger partial charge in [-0.15, -0.1) is 0 Å². The van der Waals surface area contributed by atoms with Crippen LogP contribution in [-0.4, -0.2) is 35.4 Å². The van der Waals surface area contributed by atoms with Crippen LogP contribution < -0.4 is 7.95 Å². The van der Waals surface area contributed by atoms with Crippen molar-refractivity contribution in [2.24, 2.45) is 0 Å². The molecule has 2 N–H and O–H groups in total. The topological polar surface area (TPSA) is 58.2 Å². The van der Waals surface area contributed by atoms with Crippen LogP contribution in [0, 0.1) is 0 Å². The summed E-state index contributed by atoms with van der Waals surface area (Å²) in [6.45, 7) is 13.1. The Hall–Kier alpha value is 0.0157. The Morgan fingerprint density at radius 3 is 1.64 bits per heavy atom. The fraction of sp³-hybridized carbons (Fsp3) is 0.667. The van der Waals surface area contributed by atoms with Crippen LogP contribution in [0.2, 0.25) is 31.5 Å². The molecule has 25 heavy (non-hydrogen) atoms. The first kappa shape index (κ1) is 23.1. The van der Waals surface area contributed by atoms with Crippen LogP contribution >= 0.6 is 0 Å². The number of hydrogen-bond donors (Lipinski definition) is 2. The molecule has 0 spiro atoms. The molecule has 0 heterocycles. The quantitative estimate of drug-likeness (QED) is 0.410. The van der Waals surface area contributed by atoms with Crippen molar-refractivity contribution in [3.63, 3.8) is 0 Å². The van der Waals surface area contributed by atoms with E-state index in [9.17, 15) is 8.42 Å². The van der Waals surface area contributed by atoms with E-state index in [1.807, 2.05) is 18.2 Å². The van der Waals surface area contributed by atoms with Crippen LogP contribution in [-0.2, 0) is 10.0 Å². The molecule has 1 aromatic carbocycles. The number of nitrogens with one attached hydrogen (secondary N) is 2. The van der Waals surface area contributed by atoms with Crippen LogP contribution in [0.3, 0.4) is 0 Å². The van der Waals surface area contributed by atoms with E-state index in [4.69, 9.17) is 0 Å². The summed E-state index contributed by atoms with van der Waals surface area (Å²) in [5.41, 5.74) is 0.806. The SMILES string of the molecule is C[CH2][Ge]([CH2]C)([CH2]C)[NH]c1ccccc1S(=O)(=O)[NH][Ge]([CH2]C)([CH2]C)[CH2]C. The third-order valence-electron chi connectivity index (χ3n) is 5.99. The predicted octanol–water partition coefficient (Wildman–Crippen LogP) is 5.39. The van der Waals surface area contributed by atoms with E-state index in [1.54, 1.807) is 6.07 Å². The summed E-state index contributed by atoms with van der Waals surface area (Å²) >= 11 is -4.80. The molecular weight excluding hydrogens is 453 g/mol. The number of benzene rings is 1. The van der Waals surface area contributed by atoms with Crippen LogP contribution in [0.15, 0.2) is 29.2 Å². The maximum atomic E-state index is 13.2. The average Bonchev–Trinajstić information content (AvgIpc) is 2.64. The Kier molecular flexibility index (Phi) is 9.04. The Labute approximate surface area is 160 Å². The van der Waals surface area contributed by atoms with E-state index in [0.29, 0.717) is 4.90 Å². The van der Waals surface area contributed by atoms with Gasteiger partial charge >= 0.3 is 161 Å². The molecule has 4 nitrogen and oxygen atoms in total. The van der Waals surface area contributed by atoms with Crippen LogP contribution in [0.1, 0.15) is 41.5 Å². The van der Waals surface area contributed by atoms with E-state index >= 15 is 0 Å². The van der Waals surface area contributed by atoms with Crippen molar-refractivity contribution in [3.8, 4) is 0 Å². The molecule has 1 rings (SSSR count). The predicted molar refractivity (Wildman–Crippen MR) is 115 cm³/mol. The Bertz CT molecular complexity index is 626. The Balaban J connectivity index is 3.30. The molecule has 0 saturated heterocycles. The van der Waals surface area contributed by atoms with Gasteiger partial charge < -0.3 is 0 Å². The third kappa shape index (κ3) is 5.50.